The molecule has 1 saturated heterocycles. The Morgan fingerprint density at radius 3 is 1.96 bits per heavy atom. The molecule has 1 aromatic heterocycles. The number of rotatable bonds is 3. The van der Waals surface area contributed by atoms with Crippen molar-refractivity contribution in [1.29, 1.82) is 0 Å². The van der Waals surface area contributed by atoms with Crippen LogP contribution in [0.1, 0.15) is 34.6 Å². The molecular formula is C17H16N2O4. The van der Waals surface area contributed by atoms with Crippen LogP contribution < -0.4 is 0 Å². The Kier molecular flexibility index (Phi) is 3.73. The van der Waals surface area contributed by atoms with Crippen molar-refractivity contribution in [2.75, 3.05) is 0 Å². The zero-order valence-corrected chi connectivity index (χ0v) is 12.9. The van der Waals surface area contributed by atoms with Gasteiger partial charge in [-0.25, -0.2) is 4.79 Å². The van der Waals surface area contributed by atoms with E-state index in [0.29, 0.717) is 5.06 Å². The van der Waals surface area contributed by atoms with Crippen molar-refractivity contribution >= 4 is 17.8 Å². The van der Waals surface area contributed by atoms with Crippen molar-refractivity contribution in [3.63, 3.8) is 0 Å². The van der Waals surface area contributed by atoms with Gasteiger partial charge >= 0.3 is 5.97 Å². The van der Waals surface area contributed by atoms with E-state index in [9.17, 15) is 14.4 Å². The number of amides is 2. The molecule has 0 N–H and O–H groups in total. The second-order valence-electron chi connectivity index (χ2n) is 5.46. The molecule has 3 rings (SSSR count). The van der Waals surface area contributed by atoms with Crippen LogP contribution in [-0.4, -0.2) is 27.4 Å². The maximum absolute atomic E-state index is 12.0. The lowest BCUT2D eigenvalue weighted by molar-refractivity contribution is -0.172. The van der Waals surface area contributed by atoms with Crippen molar-refractivity contribution in [3.8, 4) is 5.69 Å². The second kappa shape index (κ2) is 5.72. The van der Waals surface area contributed by atoms with Gasteiger partial charge in [0, 0.05) is 29.9 Å². The number of hydrogen-bond acceptors (Lipinski definition) is 4. The van der Waals surface area contributed by atoms with Crippen molar-refractivity contribution < 1.29 is 19.2 Å². The molecule has 118 valence electrons. The van der Waals surface area contributed by atoms with E-state index in [0.717, 1.165) is 17.1 Å². The van der Waals surface area contributed by atoms with E-state index in [1.807, 2.05) is 26.0 Å². The quantitative estimate of drug-likeness (QED) is 0.816. The van der Waals surface area contributed by atoms with Crippen LogP contribution in [0.2, 0.25) is 0 Å². The third-order valence-corrected chi connectivity index (χ3v) is 3.81. The van der Waals surface area contributed by atoms with Gasteiger partial charge in [-0.15, -0.1) is 5.06 Å². The first-order chi connectivity index (χ1) is 11.0. The van der Waals surface area contributed by atoms with Gasteiger partial charge in [0.15, 0.2) is 0 Å². The van der Waals surface area contributed by atoms with Crippen molar-refractivity contribution in [2.24, 2.45) is 0 Å². The average molecular weight is 312 g/mol. The van der Waals surface area contributed by atoms with Gasteiger partial charge in [-0.3, -0.25) is 9.59 Å². The molecule has 0 bridgehead atoms. The van der Waals surface area contributed by atoms with Gasteiger partial charge in [-0.05, 0) is 50.2 Å². The molecule has 0 atom stereocenters. The van der Waals surface area contributed by atoms with E-state index in [1.54, 1.807) is 24.3 Å². The van der Waals surface area contributed by atoms with Crippen molar-refractivity contribution in [3.05, 3.63) is 53.3 Å². The summed E-state index contributed by atoms with van der Waals surface area (Å²) in [6.45, 7) is 4.00. The average Bonchev–Trinajstić information content (AvgIpc) is 3.03. The Labute approximate surface area is 133 Å². The number of hydroxylamine groups is 2. The summed E-state index contributed by atoms with van der Waals surface area (Å²) in [7, 11) is 0. The topological polar surface area (TPSA) is 68.6 Å². The molecule has 1 fully saturated rings. The van der Waals surface area contributed by atoms with Crippen LogP contribution in [0.25, 0.3) is 5.69 Å². The number of imide groups is 1. The fourth-order valence-electron chi connectivity index (χ4n) is 2.62. The molecule has 2 amide bonds. The zero-order valence-electron chi connectivity index (χ0n) is 12.9. The Hall–Kier alpha value is -2.89. The molecule has 6 heteroatoms. The predicted molar refractivity (Wildman–Crippen MR) is 81.7 cm³/mol. The van der Waals surface area contributed by atoms with E-state index in [2.05, 4.69) is 4.57 Å². The van der Waals surface area contributed by atoms with Crippen molar-refractivity contribution in [1.82, 2.24) is 9.63 Å². The van der Waals surface area contributed by atoms with Crippen LogP contribution in [-0.2, 0) is 14.4 Å². The predicted octanol–water partition coefficient (Wildman–Crippen LogP) is 2.31. The summed E-state index contributed by atoms with van der Waals surface area (Å²) in [5.74, 6) is -1.70. The molecule has 23 heavy (non-hydrogen) atoms. The van der Waals surface area contributed by atoms with Crippen LogP contribution in [0.3, 0.4) is 0 Å². The first-order valence-corrected chi connectivity index (χ1v) is 7.31. The monoisotopic (exact) mass is 312 g/mol. The van der Waals surface area contributed by atoms with Crippen LogP contribution in [0, 0.1) is 13.8 Å². The molecule has 0 radical (unpaired) electrons. The minimum Gasteiger partial charge on any atom is -0.325 e. The summed E-state index contributed by atoms with van der Waals surface area (Å²) in [6, 6.07) is 10.8. The van der Waals surface area contributed by atoms with Crippen LogP contribution in [0.5, 0.6) is 0 Å². The molecule has 2 aromatic rings. The van der Waals surface area contributed by atoms with E-state index in [4.69, 9.17) is 4.84 Å². The Balaban J connectivity index is 1.78. The summed E-state index contributed by atoms with van der Waals surface area (Å²) in [5.41, 5.74) is 3.38. The Morgan fingerprint density at radius 1 is 0.913 bits per heavy atom. The number of benzene rings is 1. The molecule has 0 aliphatic carbocycles. The van der Waals surface area contributed by atoms with Crippen LogP contribution in [0.15, 0.2) is 36.4 Å². The normalized spacial score (nSPS) is 14.4. The Morgan fingerprint density at radius 2 is 1.43 bits per heavy atom. The fourth-order valence-corrected chi connectivity index (χ4v) is 2.62. The molecule has 1 aliphatic heterocycles. The van der Waals surface area contributed by atoms with E-state index < -0.39 is 17.8 Å². The highest BCUT2D eigenvalue weighted by atomic mass is 16.7. The van der Waals surface area contributed by atoms with Gasteiger partial charge < -0.3 is 9.40 Å². The number of nitrogens with zero attached hydrogens (tertiary/aromatic N) is 2. The number of hydrogen-bond donors (Lipinski definition) is 0. The van der Waals surface area contributed by atoms with Gasteiger partial charge in [0.1, 0.15) is 0 Å². The molecule has 1 aromatic carbocycles. The second-order valence-corrected chi connectivity index (χ2v) is 5.46. The first kappa shape index (κ1) is 15.0. The summed E-state index contributed by atoms with van der Waals surface area (Å²) in [6.07, 6.45) is 0.161. The maximum Gasteiger partial charge on any atom is 0.363 e. The number of aryl methyl sites for hydroxylation is 2. The van der Waals surface area contributed by atoms with Crippen molar-refractivity contribution in [2.45, 2.75) is 26.7 Å². The first-order valence-electron chi connectivity index (χ1n) is 7.31. The van der Waals surface area contributed by atoms with Gasteiger partial charge in [0.05, 0.1) is 5.56 Å². The number of carbonyl (C=O) groups is 3. The molecule has 2 heterocycles. The summed E-state index contributed by atoms with van der Waals surface area (Å²) in [5, 5.41) is 0.552. The van der Waals surface area contributed by atoms with Gasteiger partial charge in [-0.2, -0.15) is 0 Å². The molecule has 0 spiro atoms. The molecule has 0 saturated carbocycles. The highest BCUT2D eigenvalue weighted by molar-refractivity contribution is 6.02. The highest BCUT2D eigenvalue weighted by Gasteiger charge is 2.33. The van der Waals surface area contributed by atoms with Crippen LogP contribution in [0.4, 0.5) is 0 Å². The molecule has 0 unspecified atom stereocenters. The third kappa shape index (κ3) is 2.75. The van der Waals surface area contributed by atoms with Crippen LogP contribution >= 0.6 is 0 Å². The van der Waals surface area contributed by atoms with Gasteiger partial charge in [-0.1, -0.05) is 0 Å². The maximum atomic E-state index is 12.0. The summed E-state index contributed by atoms with van der Waals surface area (Å²) >= 11 is 0. The minimum absolute atomic E-state index is 0.0806. The minimum atomic E-state index is -0.721. The fraction of sp³-hybridized carbons (Fsp3) is 0.235. The molecular weight excluding hydrogens is 296 g/mol. The summed E-state index contributed by atoms with van der Waals surface area (Å²) in [4.78, 5) is 39.9. The SMILES string of the molecule is Cc1ccc(C)n1-c1ccc(C(=O)ON2C(=O)CCC2=O)cc1. The highest BCUT2D eigenvalue weighted by Crippen LogP contribution is 2.18. The third-order valence-electron chi connectivity index (χ3n) is 3.81. The lowest BCUT2D eigenvalue weighted by Gasteiger charge is -2.13. The van der Waals surface area contributed by atoms with Gasteiger partial charge in [0.25, 0.3) is 11.8 Å². The lowest BCUT2D eigenvalue weighted by Crippen LogP contribution is -2.32. The molecule has 6 nitrogen and oxygen atoms in total. The standard InChI is InChI=1S/C17H16N2O4/c1-11-3-4-12(2)18(11)14-7-5-13(6-8-14)17(22)23-19-15(20)9-10-16(19)21/h3-8H,9-10H2,1-2H3. The largest absolute Gasteiger partial charge is 0.363 e. The van der Waals surface area contributed by atoms with E-state index in [1.165, 1.54) is 0 Å². The molecule has 1 aliphatic rings. The number of aromatic nitrogens is 1. The Bertz CT molecular complexity index is 754. The van der Waals surface area contributed by atoms with E-state index >= 15 is 0 Å². The number of carbonyl (C=O) groups excluding carboxylic acids is 3. The lowest BCUT2D eigenvalue weighted by atomic mass is 10.2. The summed E-state index contributed by atoms with van der Waals surface area (Å²) < 4.78 is 2.06. The zero-order chi connectivity index (χ0) is 16.6. The smallest absolute Gasteiger partial charge is 0.325 e. The van der Waals surface area contributed by atoms with Gasteiger partial charge in [0.2, 0.25) is 0 Å². The van der Waals surface area contributed by atoms with E-state index in [-0.39, 0.29) is 18.4 Å².